The quantitative estimate of drug-likeness (QED) is 0.609. The average Bonchev–Trinajstić information content (AvgIpc) is 2.50. The van der Waals surface area contributed by atoms with E-state index in [2.05, 4.69) is 16.4 Å². The lowest BCUT2D eigenvalue weighted by atomic mass is 9.87. The van der Waals surface area contributed by atoms with Crippen LogP contribution in [0, 0.1) is 5.92 Å². The summed E-state index contributed by atoms with van der Waals surface area (Å²) >= 11 is 0. The van der Waals surface area contributed by atoms with Crippen molar-refractivity contribution in [3.63, 3.8) is 0 Å². The van der Waals surface area contributed by atoms with Crippen LogP contribution in [-0.4, -0.2) is 31.4 Å². The molecule has 5 nitrogen and oxygen atoms in total. The smallest absolute Gasteiger partial charge is 0.292 e. The topological polar surface area (TPSA) is 76.7 Å². The maximum Gasteiger partial charge on any atom is 0.292 e. The van der Waals surface area contributed by atoms with E-state index < -0.39 is 0 Å². The Kier molecular flexibility index (Phi) is 2.33. The summed E-state index contributed by atoms with van der Waals surface area (Å²) < 4.78 is 5.53. The van der Waals surface area contributed by atoms with Crippen LogP contribution in [0.3, 0.4) is 0 Å². The second-order valence-corrected chi connectivity index (χ2v) is 4.24. The van der Waals surface area contributed by atoms with Crippen LogP contribution in [0.4, 0.5) is 0 Å². The molecule has 88 valence electrons. The second kappa shape index (κ2) is 3.85. The van der Waals surface area contributed by atoms with Gasteiger partial charge in [0.2, 0.25) is 0 Å². The Hall–Kier alpha value is -1.88. The van der Waals surface area contributed by atoms with E-state index in [1.54, 1.807) is 6.08 Å². The van der Waals surface area contributed by atoms with Gasteiger partial charge in [0.15, 0.2) is 0 Å². The van der Waals surface area contributed by atoms with Gasteiger partial charge in [-0.05, 0) is 17.2 Å². The Morgan fingerprint density at radius 3 is 3.24 bits per heavy atom. The molecular formula is C12H13N3O2. The van der Waals surface area contributed by atoms with Crippen molar-refractivity contribution in [1.82, 2.24) is 5.32 Å². The number of aliphatic imine (C=N–C) groups is 1. The first-order chi connectivity index (χ1) is 8.25. The third-order valence-electron chi connectivity index (χ3n) is 3.13. The molecule has 0 aromatic heterocycles. The lowest BCUT2D eigenvalue weighted by molar-refractivity contribution is -0.114. The summed E-state index contributed by atoms with van der Waals surface area (Å²) in [5.74, 6) is -0.397. The Bertz CT molecular complexity index is 500. The predicted octanol–water partition coefficient (Wildman–Crippen LogP) is -0.130. The van der Waals surface area contributed by atoms with Gasteiger partial charge in [-0.2, -0.15) is 0 Å². The molecule has 1 fully saturated rings. The van der Waals surface area contributed by atoms with E-state index in [1.165, 1.54) is 0 Å². The minimum atomic E-state index is -0.364. The molecule has 0 aliphatic carbocycles. The Morgan fingerprint density at radius 1 is 1.47 bits per heavy atom. The number of rotatable bonds is 0. The fourth-order valence-electron chi connectivity index (χ4n) is 2.26. The van der Waals surface area contributed by atoms with Crippen LogP contribution in [-0.2, 0) is 9.53 Å². The third kappa shape index (κ3) is 1.68. The van der Waals surface area contributed by atoms with Crippen molar-refractivity contribution < 1.29 is 9.53 Å². The first-order valence-corrected chi connectivity index (χ1v) is 5.55. The van der Waals surface area contributed by atoms with E-state index >= 15 is 0 Å². The number of carbonyl (C=O) groups is 1. The zero-order valence-corrected chi connectivity index (χ0v) is 9.27. The number of nitrogens with two attached hydrogens (primary N) is 1. The number of allylic oxidation sites excluding steroid dienone is 1. The van der Waals surface area contributed by atoms with Gasteiger partial charge in [0.25, 0.3) is 5.91 Å². The van der Waals surface area contributed by atoms with Crippen molar-refractivity contribution in [2.24, 2.45) is 16.6 Å². The van der Waals surface area contributed by atoms with Crippen molar-refractivity contribution in [2.45, 2.75) is 0 Å². The van der Waals surface area contributed by atoms with Crippen molar-refractivity contribution in [3.05, 3.63) is 35.2 Å². The van der Waals surface area contributed by atoms with Crippen molar-refractivity contribution in [3.8, 4) is 0 Å². The number of nitrogens with zero attached hydrogens (tertiary/aromatic N) is 1. The van der Waals surface area contributed by atoms with Gasteiger partial charge in [-0.15, -0.1) is 0 Å². The van der Waals surface area contributed by atoms with Crippen LogP contribution < -0.4 is 11.1 Å². The molecule has 1 amide bonds. The summed E-state index contributed by atoms with van der Waals surface area (Å²) in [5.41, 5.74) is 8.86. The number of hydrogen-bond donors (Lipinski definition) is 2. The Labute approximate surface area is 98.7 Å². The number of nitrogens with one attached hydrogen (secondary N) is 1. The van der Waals surface area contributed by atoms with Gasteiger partial charge < -0.3 is 15.8 Å². The highest BCUT2D eigenvalue weighted by atomic mass is 16.5. The highest BCUT2D eigenvalue weighted by molar-refractivity contribution is 6.09. The van der Waals surface area contributed by atoms with Gasteiger partial charge in [-0.1, -0.05) is 6.08 Å². The van der Waals surface area contributed by atoms with Gasteiger partial charge in [-0.25, -0.2) is 4.99 Å². The van der Waals surface area contributed by atoms with Crippen molar-refractivity contribution in [2.75, 3.05) is 19.8 Å². The zero-order valence-electron chi connectivity index (χ0n) is 9.27. The molecule has 3 N–H and O–H groups in total. The minimum absolute atomic E-state index is 0.0331. The van der Waals surface area contributed by atoms with Crippen LogP contribution in [0.25, 0.3) is 0 Å². The van der Waals surface area contributed by atoms with Crippen molar-refractivity contribution >= 4 is 11.6 Å². The summed E-state index contributed by atoms with van der Waals surface area (Å²) in [7, 11) is 0. The van der Waals surface area contributed by atoms with E-state index in [4.69, 9.17) is 10.5 Å². The van der Waals surface area contributed by atoms with Gasteiger partial charge >= 0.3 is 0 Å². The van der Waals surface area contributed by atoms with E-state index in [0.29, 0.717) is 13.2 Å². The zero-order chi connectivity index (χ0) is 11.8. The predicted molar refractivity (Wildman–Crippen MR) is 63.2 cm³/mol. The molecule has 3 rings (SSSR count). The molecule has 17 heavy (non-hydrogen) atoms. The first-order valence-electron chi connectivity index (χ1n) is 5.55. The summed E-state index contributed by atoms with van der Waals surface area (Å²) in [5, 5.41) is 3.17. The van der Waals surface area contributed by atoms with Crippen LogP contribution in [0.15, 0.2) is 40.2 Å². The van der Waals surface area contributed by atoms with Gasteiger partial charge in [-0.3, -0.25) is 4.79 Å². The highest BCUT2D eigenvalue weighted by Crippen LogP contribution is 2.29. The molecule has 0 aromatic rings. The molecular weight excluding hydrogens is 218 g/mol. The monoisotopic (exact) mass is 231 g/mol. The van der Waals surface area contributed by atoms with Crippen LogP contribution in [0.5, 0.6) is 0 Å². The molecule has 0 saturated carbocycles. The van der Waals surface area contributed by atoms with Gasteiger partial charge in [0.05, 0.1) is 24.6 Å². The van der Waals surface area contributed by atoms with Crippen molar-refractivity contribution in [1.29, 1.82) is 0 Å². The van der Waals surface area contributed by atoms with E-state index in [-0.39, 0.29) is 17.5 Å². The molecule has 3 aliphatic heterocycles. The number of amides is 1. The third-order valence-corrected chi connectivity index (χ3v) is 3.13. The molecule has 5 heteroatoms. The fourth-order valence-corrected chi connectivity index (χ4v) is 2.26. The highest BCUT2D eigenvalue weighted by Gasteiger charge is 2.30. The SMILES string of the molecule is NC1=CC2C3=CNCC=C3COCC2=NC1=O. The van der Waals surface area contributed by atoms with Gasteiger partial charge in [0.1, 0.15) is 0 Å². The average molecular weight is 231 g/mol. The number of hydrogen-bond acceptors (Lipinski definition) is 4. The summed E-state index contributed by atoms with van der Waals surface area (Å²) in [6.45, 7) is 1.75. The molecule has 0 aromatic carbocycles. The first kappa shape index (κ1) is 10.3. The second-order valence-electron chi connectivity index (χ2n) is 4.24. The molecule has 0 spiro atoms. The molecule has 0 radical (unpaired) electrons. The molecule has 1 saturated heterocycles. The minimum Gasteiger partial charge on any atom is -0.394 e. The molecule has 1 atom stereocenters. The number of ether oxygens (including phenoxy) is 1. The van der Waals surface area contributed by atoms with Crippen LogP contribution in [0.1, 0.15) is 0 Å². The van der Waals surface area contributed by atoms with Crippen LogP contribution >= 0.6 is 0 Å². The largest absolute Gasteiger partial charge is 0.394 e. The number of dihydropyridines is 2. The van der Waals surface area contributed by atoms with E-state index in [9.17, 15) is 4.79 Å². The normalized spacial score (nSPS) is 27.5. The van der Waals surface area contributed by atoms with E-state index in [1.807, 2.05) is 6.20 Å². The molecule has 3 heterocycles. The number of carbonyl (C=O) groups excluding carboxylic acids is 1. The summed E-state index contributed by atoms with van der Waals surface area (Å²) in [6.07, 6.45) is 5.83. The van der Waals surface area contributed by atoms with Crippen LogP contribution in [0.2, 0.25) is 0 Å². The lowest BCUT2D eigenvalue weighted by Crippen LogP contribution is -2.28. The molecule has 3 aliphatic rings. The standard InChI is InChI=1S/C12H13N3O2/c13-10-3-8-9-4-14-2-1-7(9)5-17-6-11(8)15-12(10)16/h1,3-4,8,14H,2,5-6,13H2. The summed E-state index contributed by atoms with van der Waals surface area (Å²) in [6, 6.07) is 0. The fraction of sp³-hybridized carbons (Fsp3) is 0.333. The molecule has 0 bridgehead atoms. The number of fused-ring (bicyclic) bond motifs is 3. The van der Waals surface area contributed by atoms with E-state index in [0.717, 1.165) is 23.4 Å². The Morgan fingerprint density at radius 2 is 2.35 bits per heavy atom. The maximum atomic E-state index is 11.4. The molecule has 1 unspecified atom stereocenters. The van der Waals surface area contributed by atoms with Gasteiger partial charge in [0, 0.05) is 18.7 Å². The maximum absolute atomic E-state index is 11.4. The lowest BCUT2D eigenvalue weighted by Gasteiger charge is -2.22. The Balaban J connectivity index is 2.06. The summed E-state index contributed by atoms with van der Waals surface area (Å²) in [4.78, 5) is 15.4.